The summed E-state index contributed by atoms with van der Waals surface area (Å²) in [6.45, 7) is 0. The molecule has 0 spiro atoms. The molecule has 6 heteroatoms. The maximum absolute atomic E-state index is 9.88. The van der Waals surface area contributed by atoms with Crippen LogP contribution in [-0.2, 0) is 0 Å². The van der Waals surface area contributed by atoms with Crippen molar-refractivity contribution in [3.63, 3.8) is 0 Å². The topological polar surface area (TPSA) is 78.5 Å². The molecule has 0 heterocycles. The molecule has 1 rings (SSSR count). The number of alkyl halides is 1. The number of nitrogens with one attached hydrogen (secondary N) is 1. The summed E-state index contributed by atoms with van der Waals surface area (Å²) < 4.78 is 0. The molecule has 0 aromatic heterocycles. The van der Waals surface area contributed by atoms with Gasteiger partial charge < -0.3 is 21.3 Å². The van der Waals surface area contributed by atoms with Crippen LogP contribution in [-0.4, -0.2) is 27.3 Å². The lowest BCUT2D eigenvalue weighted by Gasteiger charge is -2.18. The van der Waals surface area contributed by atoms with Crippen LogP contribution in [0, 0.1) is 0 Å². The lowest BCUT2D eigenvalue weighted by atomic mass is 10.0. The van der Waals surface area contributed by atoms with Gasteiger partial charge in [-0.15, -0.1) is 11.6 Å². The number of aliphatic hydroxyl groups excluding tert-OH is 2. The second-order valence-corrected chi connectivity index (χ2v) is 4.42. The summed E-state index contributed by atoms with van der Waals surface area (Å²) >= 11 is 10.2. The molecule has 0 aliphatic heterocycles. The highest BCUT2D eigenvalue weighted by Gasteiger charge is 2.17. The molecular weight excluding hydrogens is 260 g/mol. The highest BCUT2D eigenvalue weighted by molar-refractivity contribution is 7.80. The van der Waals surface area contributed by atoms with E-state index in [9.17, 15) is 10.2 Å². The Labute approximate surface area is 110 Å². The number of aliphatic hydroxyl groups is 2. The molecule has 2 unspecified atom stereocenters. The minimum atomic E-state index is -0.971. The molecule has 0 saturated heterocycles. The molecule has 0 aliphatic carbocycles. The predicted octanol–water partition coefficient (Wildman–Crippen LogP) is 1.37. The Hall–Kier alpha value is -0.880. The van der Waals surface area contributed by atoms with E-state index in [4.69, 9.17) is 29.6 Å². The second kappa shape index (κ2) is 6.76. The molecule has 17 heavy (non-hydrogen) atoms. The molecule has 0 saturated carbocycles. The molecule has 0 radical (unpaired) electrons. The number of benzene rings is 1. The summed E-state index contributed by atoms with van der Waals surface area (Å²) in [4.78, 5) is 0. The molecule has 0 fully saturated rings. The van der Waals surface area contributed by atoms with Crippen LogP contribution in [0.5, 0.6) is 0 Å². The van der Waals surface area contributed by atoms with Gasteiger partial charge in [-0.25, -0.2) is 0 Å². The van der Waals surface area contributed by atoms with E-state index >= 15 is 0 Å². The summed E-state index contributed by atoms with van der Waals surface area (Å²) in [5, 5.41) is 22.4. The number of hydrogen-bond acceptors (Lipinski definition) is 3. The van der Waals surface area contributed by atoms with Crippen molar-refractivity contribution in [1.29, 1.82) is 0 Å². The molecule has 1 aromatic carbocycles. The van der Waals surface area contributed by atoms with Crippen molar-refractivity contribution in [2.24, 2.45) is 5.73 Å². The Bertz CT molecular complexity index is 389. The van der Waals surface area contributed by atoms with Gasteiger partial charge in [-0.05, 0) is 36.3 Å². The van der Waals surface area contributed by atoms with E-state index in [0.717, 1.165) is 0 Å². The molecule has 0 aliphatic rings. The fourth-order valence-corrected chi connectivity index (χ4v) is 1.78. The van der Waals surface area contributed by atoms with Gasteiger partial charge in [0, 0.05) is 11.6 Å². The number of thiocarbonyl (C=S) groups is 1. The van der Waals surface area contributed by atoms with Crippen molar-refractivity contribution in [3.8, 4) is 0 Å². The first-order valence-corrected chi connectivity index (χ1v) is 6.07. The zero-order chi connectivity index (χ0) is 12.8. The zero-order valence-corrected chi connectivity index (χ0v) is 10.7. The summed E-state index contributed by atoms with van der Waals surface area (Å²) in [5.41, 5.74) is 6.61. The Kier molecular flexibility index (Phi) is 5.64. The van der Waals surface area contributed by atoms with E-state index in [2.05, 4.69) is 5.32 Å². The highest BCUT2D eigenvalue weighted by Crippen LogP contribution is 2.22. The van der Waals surface area contributed by atoms with Gasteiger partial charge in [0.25, 0.3) is 0 Å². The van der Waals surface area contributed by atoms with Crippen molar-refractivity contribution in [2.45, 2.75) is 18.6 Å². The van der Waals surface area contributed by atoms with Crippen LogP contribution in [0.4, 0.5) is 5.69 Å². The molecule has 5 N–H and O–H groups in total. The average Bonchev–Trinajstić information content (AvgIpc) is 2.28. The Morgan fingerprint density at radius 2 is 2.18 bits per heavy atom. The molecule has 2 atom stereocenters. The van der Waals surface area contributed by atoms with Gasteiger partial charge in [0.15, 0.2) is 5.11 Å². The normalized spacial score (nSPS) is 14.1. The van der Waals surface area contributed by atoms with Crippen molar-refractivity contribution in [3.05, 3.63) is 29.8 Å². The maximum Gasteiger partial charge on any atom is 0.168 e. The minimum Gasteiger partial charge on any atom is -0.390 e. The number of rotatable bonds is 5. The second-order valence-electron chi connectivity index (χ2n) is 3.60. The van der Waals surface area contributed by atoms with Gasteiger partial charge >= 0.3 is 0 Å². The lowest BCUT2D eigenvalue weighted by Crippen LogP contribution is -2.20. The van der Waals surface area contributed by atoms with Gasteiger partial charge in [0.05, 0.1) is 6.10 Å². The fourth-order valence-electron chi connectivity index (χ4n) is 1.43. The number of hydrogen-bond donors (Lipinski definition) is 4. The van der Waals surface area contributed by atoms with E-state index in [1.54, 1.807) is 24.3 Å². The van der Waals surface area contributed by atoms with Crippen LogP contribution < -0.4 is 11.1 Å². The largest absolute Gasteiger partial charge is 0.390 e. The van der Waals surface area contributed by atoms with Gasteiger partial charge in [-0.3, -0.25) is 0 Å². The van der Waals surface area contributed by atoms with Crippen LogP contribution in [0.25, 0.3) is 0 Å². The van der Waals surface area contributed by atoms with Gasteiger partial charge in [-0.1, -0.05) is 12.1 Å². The van der Waals surface area contributed by atoms with Crippen molar-refractivity contribution < 1.29 is 10.2 Å². The molecule has 94 valence electrons. The summed E-state index contributed by atoms with van der Waals surface area (Å²) in [6, 6.07) is 6.91. The Balaban J connectivity index is 2.79. The van der Waals surface area contributed by atoms with Crippen molar-refractivity contribution in [1.82, 2.24) is 0 Å². The standard InChI is InChI=1S/C11H15ClN2O2S/c12-5-4-9(15)10(16)7-2-1-3-8(6-7)14-11(13)17/h1-3,6,9-10,15-16H,4-5H2,(H3,13,14,17). The van der Waals surface area contributed by atoms with Crippen molar-refractivity contribution in [2.75, 3.05) is 11.2 Å². The molecule has 0 amide bonds. The SMILES string of the molecule is NC(=S)Nc1cccc(C(O)C(O)CCCl)c1. The van der Waals surface area contributed by atoms with E-state index in [0.29, 0.717) is 23.6 Å². The minimum absolute atomic E-state index is 0.151. The highest BCUT2D eigenvalue weighted by atomic mass is 35.5. The van der Waals surface area contributed by atoms with E-state index in [-0.39, 0.29) is 5.11 Å². The molecular formula is C11H15ClN2O2S. The Morgan fingerprint density at radius 3 is 2.76 bits per heavy atom. The predicted molar refractivity (Wildman–Crippen MR) is 73.2 cm³/mol. The summed E-state index contributed by atoms with van der Waals surface area (Å²) in [6.07, 6.45) is -1.52. The quantitative estimate of drug-likeness (QED) is 0.482. The van der Waals surface area contributed by atoms with Gasteiger partial charge in [0.1, 0.15) is 6.10 Å². The molecule has 4 nitrogen and oxygen atoms in total. The van der Waals surface area contributed by atoms with E-state index < -0.39 is 12.2 Å². The number of halogens is 1. The van der Waals surface area contributed by atoms with Crippen LogP contribution in [0.1, 0.15) is 18.1 Å². The molecule has 0 bridgehead atoms. The molecule has 1 aromatic rings. The third kappa shape index (κ3) is 4.47. The van der Waals surface area contributed by atoms with E-state index in [1.807, 2.05) is 0 Å². The first kappa shape index (κ1) is 14.2. The summed E-state index contributed by atoms with van der Waals surface area (Å²) in [7, 11) is 0. The third-order valence-corrected chi connectivity index (χ3v) is 2.59. The Morgan fingerprint density at radius 1 is 1.47 bits per heavy atom. The number of nitrogens with two attached hydrogens (primary N) is 1. The first-order chi connectivity index (χ1) is 8.04. The van der Waals surface area contributed by atoms with E-state index in [1.165, 1.54) is 0 Å². The van der Waals surface area contributed by atoms with Gasteiger partial charge in [-0.2, -0.15) is 0 Å². The first-order valence-electron chi connectivity index (χ1n) is 5.13. The fraction of sp³-hybridized carbons (Fsp3) is 0.364. The zero-order valence-electron chi connectivity index (χ0n) is 9.14. The maximum atomic E-state index is 9.88. The summed E-state index contributed by atoms with van der Waals surface area (Å²) in [5.74, 6) is 0.295. The van der Waals surface area contributed by atoms with Crippen LogP contribution in [0.3, 0.4) is 0 Å². The van der Waals surface area contributed by atoms with Crippen LogP contribution in [0.2, 0.25) is 0 Å². The number of anilines is 1. The smallest absolute Gasteiger partial charge is 0.168 e. The van der Waals surface area contributed by atoms with Crippen molar-refractivity contribution >= 4 is 34.6 Å². The average molecular weight is 275 g/mol. The third-order valence-electron chi connectivity index (χ3n) is 2.27. The van der Waals surface area contributed by atoms with Crippen LogP contribution >= 0.6 is 23.8 Å². The van der Waals surface area contributed by atoms with Crippen LogP contribution in [0.15, 0.2) is 24.3 Å². The van der Waals surface area contributed by atoms with Gasteiger partial charge in [0.2, 0.25) is 0 Å². The lowest BCUT2D eigenvalue weighted by molar-refractivity contribution is 0.0170. The monoisotopic (exact) mass is 274 g/mol.